The van der Waals surface area contributed by atoms with Crippen molar-refractivity contribution in [2.75, 3.05) is 16.8 Å². The van der Waals surface area contributed by atoms with Crippen molar-refractivity contribution >= 4 is 23.3 Å². The molecule has 3 aromatic rings. The van der Waals surface area contributed by atoms with Crippen LogP contribution in [0, 0.1) is 30.4 Å². The van der Waals surface area contributed by atoms with Crippen molar-refractivity contribution < 1.29 is 18.4 Å². The molecule has 0 radical (unpaired) electrons. The van der Waals surface area contributed by atoms with Gasteiger partial charge in [-0.1, -0.05) is 30.3 Å². The number of carbonyl (C=O) groups is 2. The molecule has 0 spiro atoms. The van der Waals surface area contributed by atoms with Crippen LogP contribution in [0.4, 0.5) is 20.3 Å². The van der Waals surface area contributed by atoms with Crippen molar-refractivity contribution in [3.05, 3.63) is 89.6 Å². The molecule has 8 heteroatoms. The van der Waals surface area contributed by atoms with E-state index in [-0.39, 0.29) is 30.0 Å². The summed E-state index contributed by atoms with van der Waals surface area (Å²) in [5.74, 6) is -0.714. The van der Waals surface area contributed by atoms with Crippen LogP contribution in [0.25, 0.3) is 0 Å². The SMILES string of the molecule is Cc1ccccc1C(C(=O)NC1CC2CC2C1)N(C(=O)CNc1ncccc1F)c1cccc(F)c1. The van der Waals surface area contributed by atoms with Gasteiger partial charge in [-0.05, 0) is 79.5 Å². The number of aromatic nitrogens is 1. The minimum atomic E-state index is -1.03. The van der Waals surface area contributed by atoms with Crippen molar-refractivity contribution in [1.82, 2.24) is 10.3 Å². The Morgan fingerprint density at radius 1 is 1.03 bits per heavy atom. The van der Waals surface area contributed by atoms with Crippen LogP contribution in [-0.4, -0.2) is 29.4 Å². The number of nitrogens with one attached hydrogen (secondary N) is 2. The van der Waals surface area contributed by atoms with E-state index in [1.807, 2.05) is 25.1 Å². The van der Waals surface area contributed by atoms with E-state index in [0.29, 0.717) is 17.4 Å². The summed E-state index contributed by atoms with van der Waals surface area (Å²) in [6, 6.07) is 14.6. The molecule has 0 bridgehead atoms. The number of amides is 2. The maximum atomic E-state index is 14.3. The van der Waals surface area contributed by atoms with E-state index in [1.165, 1.54) is 47.8 Å². The van der Waals surface area contributed by atoms with E-state index in [9.17, 15) is 18.4 Å². The number of halogens is 2. The van der Waals surface area contributed by atoms with Gasteiger partial charge in [0.25, 0.3) is 0 Å². The molecule has 0 saturated heterocycles. The van der Waals surface area contributed by atoms with Crippen LogP contribution in [-0.2, 0) is 9.59 Å². The van der Waals surface area contributed by atoms with Crippen LogP contribution < -0.4 is 15.5 Å². The van der Waals surface area contributed by atoms with Crippen LogP contribution in [0.1, 0.15) is 36.4 Å². The molecule has 2 aromatic carbocycles. The van der Waals surface area contributed by atoms with Gasteiger partial charge in [-0.25, -0.2) is 13.8 Å². The number of fused-ring (bicyclic) bond motifs is 1. The molecule has 2 fully saturated rings. The van der Waals surface area contributed by atoms with Crippen LogP contribution in [0.2, 0.25) is 0 Å². The van der Waals surface area contributed by atoms with E-state index in [0.717, 1.165) is 18.4 Å². The molecule has 3 atom stereocenters. The number of pyridine rings is 1. The minimum Gasteiger partial charge on any atom is -0.359 e. The molecule has 2 N–H and O–H groups in total. The summed E-state index contributed by atoms with van der Waals surface area (Å²) >= 11 is 0. The van der Waals surface area contributed by atoms with E-state index < -0.39 is 23.6 Å². The van der Waals surface area contributed by atoms with Gasteiger partial charge in [0.05, 0.1) is 6.54 Å². The molecule has 36 heavy (non-hydrogen) atoms. The van der Waals surface area contributed by atoms with Crippen molar-refractivity contribution in [3.8, 4) is 0 Å². The predicted octanol–water partition coefficient (Wildman–Crippen LogP) is 4.77. The van der Waals surface area contributed by atoms with E-state index in [2.05, 4.69) is 15.6 Å². The average Bonchev–Trinajstić information content (AvgIpc) is 3.47. The lowest BCUT2D eigenvalue weighted by atomic mass is 9.97. The van der Waals surface area contributed by atoms with Crippen molar-refractivity contribution in [1.29, 1.82) is 0 Å². The number of hydrogen-bond donors (Lipinski definition) is 2. The average molecular weight is 491 g/mol. The molecular weight excluding hydrogens is 462 g/mol. The minimum absolute atomic E-state index is 0.0537. The molecule has 2 aliphatic rings. The summed E-state index contributed by atoms with van der Waals surface area (Å²) in [5.41, 5.74) is 1.70. The van der Waals surface area contributed by atoms with Crippen LogP contribution in [0.15, 0.2) is 66.9 Å². The first kappa shape index (κ1) is 23.9. The zero-order valence-corrected chi connectivity index (χ0v) is 20.0. The molecule has 6 nitrogen and oxygen atoms in total. The highest BCUT2D eigenvalue weighted by molar-refractivity contribution is 6.03. The fourth-order valence-electron chi connectivity index (χ4n) is 5.23. The summed E-state index contributed by atoms with van der Waals surface area (Å²) in [5, 5.41) is 5.87. The number of aryl methyl sites for hydroxylation is 1. The molecule has 1 heterocycles. The van der Waals surface area contributed by atoms with Gasteiger partial charge in [-0.3, -0.25) is 14.5 Å². The number of carbonyl (C=O) groups excluding carboxylic acids is 2. The Labute approximate surface area is 208 Å². The highest BCUT2D eigenvalue weighted by atomic mass is 19.1. The van der Waals surface area contributed by atoms with Gasteiger partial charge in [0.1, 0.15) is 11.9 Å². The lowest BCUT2D eigenvalue weighted by Gasteiger charge is -2.33. The van der Waals surface area contributed by atoms with Gasteiger partial charge in [0.15, 0.2) is 11.6 Å². The second-order valence-corrected chi connectivity index (χ2v) is 9.62. The number of benzene rings is 2. The first-order chi connectivity index (χ1) is 17.4. The van der Waals surface area contributed by atoms with Gasteiger partial charge in [-0.15, -0.1) is 0 Å². The highest BCUT2D eigenvalue weighted by Gasteiger charge is 2.47. The van der Waals surface area contributed by atoms with Gasteiger partial charge < -0.3 is 10.6 Å². The zero-order valence-electron chi connectivity index (χ0n) is 20.0. The molecule has 5 rings (SSSR count). The van der Waals surface area contributed by atoms with Crippen LogP contribution in [0.3, 0.4) is 0 Å². The molecule has 186 valence electrons. The summed E-state index contributed by atoms with van der Waals surface area (Å²) in [4.78, 5) is 32.7. The fourth-order valence-corrected chi connectivity index (χ4v) is 5.23. The fraction of sp³-hybridized carbons (Fsp3) is 0.321. The third-order valence-corrected chi connectivity index (χ3v) is 7.10. The van der Waals surface area contributed by atoms with E-state index in [4.69, 9.17) is 0 Å². The maximum absolute atomic E-state index is 14.3. The van der Waals surface area contributed by atoms with Crippen molar-refractivity contribution in [3.63, 3.8) is 0 Å². The van der Waals surface area contributed by atoms with Crippen LogP contribution in [0.5, 0.6) is 0 Å². The Kier molecular flexibility index (Phi) is 6.67. The quantitative estimate of drug-likeness (QED) is 0.477. The number of rotatable bonds is 8. The third-order valence-electron chi connectivity index (χ3n) is 7.10. The van der Waals surface area contributed by atoms with Crippen LogP contribution >= 0.6 is 0 Å². The standard InChI is InChI=1S/C28H28F2N4O2/c1-17-6-2-3-9-23(17)26(28(36)33-21-13-18-12-19(18)14-21)34(22-8-4-7-20(29)15-22)25(35)16-32-27-24(30)10-5-11-31-27/h2-11,15,18-19,21,26H,12-14,16H2,1H3,(H,31,32)(H,33,36). The van der Waals surface area contributed by atoms with Gasteiger partial charge in [0.2, 0.25) is 11.8 Å². The lowest BCUT2D eigenvalue weighted by Crippen LogP contribution is -2.48. The smallest absolute Gasteiger partial charge is 0.248 e. The molecule has 2 amide bonds. The Bertz CT molecular complexity index is 1270. The normalized spacial score (nSPS) is 20.8. The summed E-state index contributed by atoms with van der Waals surface area (Å²) in [6.07, 6.45) is 4.50. The second-order valence-electron chi connectivity index (χ2n) is 9.62. The summed E-state index contributed by atoms with van der Waals surface area (Å²) in [7, 11) is 0. The maximum Gasteiger partial charge on any atom is 0.248 e. The molecule has 3 unspecified atom stereocenters. The zero-order chi connectivity index (χ0) is 25.2. The number of nitrogens with zero attached hydrogens (tertiary/aromatic N) is 2. The Balaban J connectivity index is 1.50. The molecule has 2 saturated carbocycles. The molecule has 2 aliphatic carbocycles. The monoisotopic (exact) mass is 490 g/mol. The predicted molar refractivity (Wildman–Crippen MR) is 133 cm³/mol. The Morgan fingerprint density at radius 3 is 2.53 bits per heavy atom. The van der Waals surface area contributed by atoms with Gasteiger partial charge in [0, 0.05) is 17.9 Å². The lowest BCUT2D eigenvalue weighted by molar-refractivity contribution is -0.126. The Morgan fingerprint density at radius 2 is 1.81 bits per heavy atom. The largest absolute Gasteiger partial charge is 0.359 e. The van der Waals surface area contributed by atoms with Crippen molar-refractivity contribution in [2.45, 2.75) is 38.3 Å². The molecular formula is C28H28F2N4O2. The first-order valence-corrected chi connectivity index (χ1v) is 12.2. The first-order valence-electron chi connectivity index (χ1n) is 12.2. The highest BCUT2D eigenvalue weighted by Crippen LogP contribution is 2.51. The van der Waals surface area contributed by atoms with E-state index in [1.54, 1.807) is 12.1 Å². The number of anilines is 2. The molecule has 1 aromatic heterocycles. The van der Waals surface area contributed by atoms with Gasteiger partial charge in [-0.2, -0.15) is 0 Å². The Hall–Kier alpha value is -3.81. The van der Waals surface area contributed by atoms with Crippen molar-refractivity contribution in [2.24, 2.45) is 11.8 Å². The third kappa shape index (κ3) is 5.08. The second kappa shape index (κ2) is 10.0. The van der Waals surface area contributed by atoms with Gasteiger partial charge >= 0.3 is 0 Å². The summed E-state index contributed by atoms with van der Waals surface area (Å²) in [6.45, 7) is 1.53. The molecule has 0 aliphatic heterocycles. The van der Waals surface area contributed by atoms with E-state index >= 15 is 0 Å². The topological polar surface area (TPSA) is 74.3 Å². The summed E-state index contributed by atoms with van der Waals surface area (Å²) < 4.78 is 28.4. The number of hydrogen-bond acceptors (Lipinski definition) is 4.